The van der Waals surface area contributed by atoms with E-state index in [9.17, 15) is 4.79 Å². The van der Waals surface area contributed by atoms with Crippen LogP contribution in [0.5, 0.6) is 11.5 Å². The lowest BCUT2D eigenvalue weighted by Gasteiger charge is -2.10. The third kappa shape index (κ3) is 4.47. The molecule has 0 amide bonds. The van der Waals surface area contributed by atoms with Gasteiger partial charge >= 0.3 is 5.97 Å². The van der Waals surface area contributed by atoms with Gasteiger partial charge in [0.1, 0.15) is 11.5 Å². The Balaban J connectivity index is 2.23. The molecule has 108 valence electrons. The van der Waals surface area contributed by atoms with Crippen LogP contribution >= 0.6 is 0 Å². The summed E-state index contributed by atoms with van der Waals surface area (Å²) >= 11 is 0. The zero-order valence-electron chi connectivity index (χ0n) is 11.7. The van der Waals surface area contributed by atoms with Gasteiger partial charge in [0.25, 0.3) is 0 Å². The number of benzene rings is 2. The van der Waals surface area contributed by atoms with Crippen LogP contribution in [-0.4, -0.2) is 18.2 Å². The Morgan fingerprint density at radius 1 is 1.19 bits per heavy atom. The summed E-state index contributed by atoms with van der Waals surface area (Å²) in [5, 5.41) is 8.71. The Morgan fingerprint density at radius 2 is 2.00 bits per heavy atom. The van der Waals surface area contributed by atoms with Crippen molar-refractivity contribution in [3.63, 3.8) is 0 Å². The Labute approximate surface area is 123 Å². The summed E-state index contributed by atoms with van der Waals surface area (Å²) in [5.41, 5.74) is 1.71. The summed E-state index contributed by atoms with van der Waals surface area (Å²) in [5.74, 6) is 0.289. The van der Waals surface area contributed by atoms with E-state index >= 15 is 0 Å². The van der Waals surface area contributed by atoms with Crippen LogP contribution in [0.4, 0.5) is 0 Å². The number of aliphatic carboxylic acids is 1. The molecule has 0 atom stereocenters. The van der Waals surface area contributed by atoms with E-state index < -0.39 is 5.97 Å². The zero-order valence-corrected chi connectivity index (χ0v) is 11.7. The largest absolute Gasteiger partial charge is 0.478 e. The lowest BCUT2D eigenvalue weighted by molar-refractivity contribution is -0.131. The zero-order chi connectivity index (χ0) is 15.1. The van der Waals surface area contributed by atoms with Gasteiger partial charge in [-0.1, -0.05) is 30.3 Å². The van der Waals surface area contributed by atoms with E-state index in [0.717, 1.165) is 11.6 Å². The highest BCUT2D eigenvalue weighted by Gasteiger charge is 2.03. The summed E-state index contributed by atoms with van der Waals surface area (Å²) in [7, 11) is 1.64. The highest BCUT2D eigenvalue weighted by Crippen LogP contribution is 2.26. The van der Waals surface area contributed by atoms with Crippen LogP contribution in [0.15, 0.2) is 54.6 Å². The van der Waals surface area contributed by atoms with Crippen molar-refractivity contribution in [2.75, 3.05) is 7.11 Å². The Hall–Kier alpha value is -2.59. The van der Waals surface area contributed by atoms with E-state index in [-0.39, 0.29) is 0 Å². The number of hydrogen-bond donors (Lipinski definition) is 1. The molecule has 2 aromatic carbocycles. The molecule has 0 spiro atoms. The summed E-state index contributed by atoms with van der Waals surface area (Å²) in [6.07, 6.45) is 2.60. The van der Waals surface area contributed by atoms with Gasteiger partial charge in [-0.25, -0.2) is 4.79 Å². The Kier molecular flexibility index (Phi) is 5.12. The molecule has 0 aliphatic carbocycles. The molecule has 4 heteroatoms. The normalized spacial score (nSPS) is 10.7. The number of carbonyl (C=O) groups is 1. The Bertz CT molecular complexity index is 647. The first-order valence-corrected chi connectivity index (χ1v) is 6.45. The van der Waals surface area contributed by atoms with Gasteiger partial charge in [-0.05, 0) is 29.8 Å². The maximum absolute atomic E-state index is 10.6. The molecule has 0 saturated carbocycles. The summed E-state index contributed by atoms with van der Waals surface area (Å²) in [4.78, 5) is 10.6. The molecule has 0 saturated heterocycles. The van der Waals surface area contributed by atoms with E-state index in [4.69, 9.17) is 14.6 Å². The van der Waals surface area contributed by atoms with Gasteiger partial charge in [0.15, 0.2) is 0 Å². The molecule has 0 aliphatic rings. The van der Waals surface area contributed by atoms with Crippen LogP contribution < -0.4 is 4.74 Å². The molecule has 0 aromatic heterocycles. The first-order chi connectivity index (χ1) is 10.2. The summed E-state index contributed by atoms with van der Waals surface area (Å²) < 4.78 is 10.9. The number of carboxylic acid groups (broad SMARTS) is 1. The molecular formula is C17H16O4. The molecule has 2 rings (SSSR count). The van der Waals surface area contributed by atoms with E-state index in [2.05, 4.69) is 0 Å². The second-order valence-electron chi connectivity index (χ2n) is 4.39. The molecule has 0 unspecified atom stereocenters. The minimum atomic E-state index is -0.994. The van der Waals surface area contributed by atoms with Crippen LogP contribution in [0, 0.1) is 0 Å². The second kappa shape index (κ2) is 7.26. The molecule has 2 aromatic rings. The first kappa shape index (κ1) is 14.8. The molecule has 0 aliphatic heterocycles. The molecule has 21 heavy (non-hydrogen) atoms. The third-order valence-electron chi connectivity index (χ3n) is 2.76. The van der Waals surface area contributed by atoms with Crippen molar-refractivity contribution in [1.29, 1.82) is 0 Å². The number of hydrogen-bond acceptors (Lipinski definition) is 3. The smallest absolute Gasteiger partial charge is 0.328 e. The van der Waals surface area contributed by atoms with Crippen molar-refractivity contribution in [3.05, 3.63) is 65.7 Å². The van der Waals surface area contributed by atoms with Crippen molar-refractivity contribution < 1.29 is 19.4 Å². The summed E-state index contributed by atoms with van der Waals surface area (Å²) in [6, 6.07) is 14.8. The monoisotopic (exact) mass is 284 g/mol. The standard InChI is InChI=1S/C17H16O4/c1-20-12-13-5-4-7-15(11-13)21-16-8-3-2-6-14(16)9-10-17(18)19/h2-11H,12H2,1H3,(H,18,19). The molecular weight excluding hydrogens is 268 g/mol. The van der Waals surface area contributed by atoms with Crippen molar-refractivity contribution in [2.24, 2.45) is 0 Å². The molecule has 0 fully saturated rings. The van der Waals surface area contributed by atoms with Gasteiger partial charge in [0.05, 0.1) is 6.61 Å². The third-order valence-corrected chi connectivity index (χ3v) is 2.76. The molecule has 0 radical (unpaired) electrons. The lowest BCUT2D eigenvalue weighted by Crippen LogP contribution is -1.91. The second-order valence-corrected chi connectivity index (χ2v) is 4.39. The lowest BCUT2D eigenvalue weighted by atomic mass is 10.2. The van der Waals surface area contributed by atoms with Gasteiger partial charge in [-0.3, -0.25) is 0 Å². The minimum absolute atomic E-state index is 0.512. The highest BCUT2D eigenvalue weighted by atomic mass is 16.5. The van der Waals surface area contributed by atoms with Gasteiger partial charge in [-0.2, -0.15) is 0 Å². The minimum Gasteiger partial charge on any atom is -0.478 e. The van der Waals surface area contributed by atoms with Crippen molar-refractivity contribution in [2.45, 2.75) is 6.61 Å². The molecule has 4 nitrogen and oxygen atoms in total. The fourth-order valence-electron chi connectivity index (χ4n) is 1.86. The first-order valence-electron chi connectivity index (χ1n) is 6.45. The number of rotatable bonds is 6. The van der Waals surface area contributed by atoms with E-state index in [1.807, 2.05) is 36.4 Å². The number of para-hydroxylation sites is 1. The fourth-order valence-corrected chi connectivity index (χ4v) is 1.86. The van der Waals surface area contributed by atoms with Crippen LogP contribution in [0.25, 0.3) is 6.08 Å². The maximum atomic E-state index is 10.6. The van der Waals surface area contributed by atoms with Gasteiger partial charge in [0.2, 0.25) is 0 Å². The predicted octanol–water partition coefficient (Wildman–Crippen LogP) is 3.72. The predicted molar refractivity (Wildman–Crippen MR) is 80.3 cm³/mol. The van der Waals surface area contributed by atoms with Gasteiger partial charge in [-0.15, -0.1) is 0 Å². The number of ether oxygens (including phenoxy) is 2. The number of methoxy groups -OCH3 is 1. The van der Waals surface area contributed by atoms with Crippen molar-refractivity contribution >= 4 is 12.0 Å². The topological polar surface area (TPSA) is 55.8 Å². The number of carboxylic acids is 1. The summed E-state index contributed by atoms with van der Waals surface area (Å²) in [6.45, 7) is 0.512. The van der Waals surface area contributed by atoms with Crippen LogP contribution in [-0.2, 0) is 16.1 Å². The molecule has 0 bridgehead atoms. The quantitative estimate of drug-likeness (QED) is 0.821. The average Bonchev–Trinajstić information content (AvgIpc) is 2.47. The van der Waals surface area contributed by atoms with Crippen LogP contribution in [0.3, 0.4) is 0 Å². The van der Waals surface area contributed by atoms with Crippen LogP contribution in [0.2, 0.25) is 0 Å². The highest BCUT2D eigenvalue weighted by molar-refractivity contribution is 5.85. The van der Waals surface area contributed by atoms with Crippen molar-refractivity contribution in [3.8, 4) is 11.5 Å². The van der Waals surface area contributed by atoms with E-state index in [1.54, 1.807) is 19.2 Å². The van der Waals surface area contributed by atoms with Gasteiger partial charge < -0.3 is 14.6 Å². The average molecular weight is 284 g/mol. The van der Waals surface area contributed by atoms with E-state index in [0.29, 0.717) is 23.7 Å². The Morgan fingerprint density at radius 3 is 2.76 bits per heavy atom. The molecule has 1 N–H and O–H groups in total. The van der Waals surface area contributed by atoms with Crippen LogP contribution in [0.1, 0.15) is 11.1 Å². The fraction of sp³-hybridized carbons (Fsp3) is 0.118. The van der Waals surface area contributed by atoms with Crippen molar-refractivity contribution in [1.82, 2.24) is 0 Å². The maximum Gasteiger partial charge on any atom is 0.328 e. The van der Waals surface area contributed by atoms with E-state index in [1.165, 1.54) is 6.08 Å². The van der Waals surface area contributed by atoms with Gasteiger partial charge in [0, 0.05) is 18.7 Å². The SMILES string of the molecule is COCc1cccc(Oc2ccccc2C=CC(=O)O)c1. The molecule has 0 heterocycles.